The number of amides is 1. The van der Waals surface area contributed by atoms with Crippen LogP contribution >= 0.6 is 0 Å². The van der Waals surface area contributed by atoms with Crippen molar-refractivity contribution in [3.8, 4) is 5.75 Å². The highest BCUT2D eigenvalue weighted by atomic mass is 32.2. The van der Waals surface area contributed by atoms with Gasteiger partial charge in [0.1, 0.15) is 15.6 Å². The molecule has 0 atom stereocenters. The van der Waals surface area contributed by atoms with E-state index in [9.17, 15) is 13.2 Å². The fraction of sp³-hybridized carbons (Fsp3) is 0.500. The van der Waals surface area contributed by atoms with Gasteiger partial charge >= 0.3 is 0 Å². The minimum absolute atomic E-state index is 0.131. The van der Waals surface area contributed by atoms with E-state index in [4.69, 9.17) is 10.5 Å². The van der Waals surface area contributed by atoms with Crippen molar-refractivity contribution in [2.75, 3.05) is 18.1 Å². The normalized spacial score (nSPS) is 18.3. The minimum Gasteiger partial charge on any atom is -0.484 e. The van der Waals surface area contributed by atoms with Gasteiger partial charge in [-0.2, -0.15) is 0 Å². The van der Waals surface area contributed by atoms with Crippen molar-refractivity contribution >= 4 is 15.7 Å². The number of nitrogens with one attached hydrogen (secondary N) is 1. The third-order valence-electron chi connectivity index (χ3n) is 3.45. The zero-order valence-electron chi connectivity index (χ0n) is 11.7. The molecule has 1 amide bonds. The van der Waals surface area contributed by atoms with Crippen molar-refractivity contribution in [3.63, 3.8) is 0 Å². The van der Waals surface area contributed by atoms with Crippen molar-refractivity contribution in [1.29, 1.82) is 0 Å². The summed E-state index contributed by atoms with van der Waals surface area (Å²) in [6.45, 7) is 0.551. The Morgan fingerprint density at radius 1 is 1.24 bits per heavy atom. The molecule has 1 fully saturated rings. The van der Waals surface area contributed by atoms with Gasteiger partial charge in [-0.3, -0.25) is 4.79 Å². The first-order chi connectivity index (χ1) is 9.94. The molecule has 0 bridgehead atoms. The lowest BCUT2D eigenvalue weighted by atomic mass is 10.1. The highest BCUT2D eigenvalue weighted by Gasteiger charge is 2.22. The van der Waals surface area contributed by atoms with Gasteiger partial charge in [0.15, 0.2) is 6.61 Å². The summed E-state index contributed by atoms with van der Waals surface area (Å²) in [5, 5.41) is 3.37. The zero-order valence-corrected chi connectivity index (χ0v) is 12.6. The molecule has 21 heavy (non-hydrogen) atoms. The van der Waals surface area contributed by atoms with Crippen molar-refractivity contribution < 1.29 is 17.9 Å². The summed E-state index contributed by atoms with van der Waals surface area (Å²) >= 11 is 0. The Kier molecular flexibility index (Phi) is 5.19. The smallest absolute Gasteiger partial charge is 0.255 e. The van der Waals surface area contributed by atoms with Crippen LogP contribution in [-0.2, 0) is 21.2 Å². The Balaban J connectivity index is 1.77. The SMILES string of the molecule is NC(=O)COc1ccc(CNC2CCS(=O)(=O)CC2)cc1. The first-order valence-electron chi connectivity index (χ1n) is 6.88. The van der Waals surface area contributed by atoms with Crippen molar-refractivity contribution in [3.05, 3.63) is 29.8 Å². The molecule has 1 aliphatic rings. The zero-order chi connectivity index (χ0) is 15.3. The predicted octanol–water partition coefficient (Wildman–Crippen LogP) is 0.218. The summed E-state index contributed by atoms with van der Waals surface area (Å²) in [7, 11) is -2.81. The number of ether oxygens (including phenoxy) is 1. The van der Waals surface area contributed by atoms with Crippen molar-refractivity contribution in [2.24, 2.45) is 5.73 Å². The van der Waals surface area contributed by atoms with Gasteiger partial charge in [-0.25, -0.2) is 8.42 Å². The van der Waals surface area contributed by atoms with Crippen LogP contribution in [0.4, 0.5) is 0 Å². The Hall–Kier alpha value is -1.60. The average Bonchev–Trinajstić information content (AvgIpc) is 2.45. The standard InChI is InChI=1S/C14H20N2O4S/c15-14(17)10-20-13-3-1-11(2-4-13)9-16-12-5-7-21(18,19)8-6-12/h1-4,12,16H,5-10H2,(H2,15,17). The first-order valence-corrected chi connectivity index (χ1v) is 8.70. The maximum absolute atomic E-state index is 11.3. The van der Waals surface area contributed by atoms with E-state index in [1.807, 2.05) is 12.1 Å². The molecule has 1 saturated heterocycles. The monoisotopic (exact) mass is 312 g/mol. The lowest BCUT2D eigenvalue weighted by Crippen LogP contribution is -2.37. The molecule has 6 nitrogen and oxygen atoms in total. The Morgan fingerprint density at radius 3 is 2.43 bits per heavy atom. The van der Waals surface area contributed by atoms with E-state index in [1.165, 1.54) is 0 Å². The quantitative estimate of drug-likeness (QED) is 0.783. The summed E-state index contributed by atoms with van der Waals surface area (Å²) in [5.74, 6) is 0.629. The second kappa shape index (κ2) is 6.91. The summed E-state index contributed by atoms with van der Waals surface area (Å²) in [5.41, 5.74) is 6.08. The van der Waals surface area contributed by atoms with Gasteiger partial charge < -0.3 is 15.8 Å². The molecule has 1 aromatic carbocycles. The van der Waals surface area contributed by atoms with Gasteiger partial charge in [-0.15, -0.1) is 0 Å². The molecule has 3 N–H and O–H groups in total. The maximum atomic E-state index is 11.3. The number of carbonyl (C=O) groups excluding carboxylic acids is 1. The summed E-state index contributed by atoms with van der Waals surface area (Å²) in [4.78, 5) is 10.6. The van der Waals surface area contributed by atoms with Gasteiger partial charge in [0.05, 0.1) is 11.5 Å². The average molecular weight is 312 g/mol. The van der Waals surface area contributed by atoms with Gasteiger partial charge in [-0.05, 0) is 30.5 Å². The lowest BCUT2D eigenvalue weighted by molar-refractivity contribution is -0.119. The number of benzene rings is 1. The highest BCUT2D eigenvalue weighted by molar-refractivity contribution is 7.91. The number of sulfone groups is 1. The largest absolute Gasteiger partial charge is 0.484 e. The van der Waals surface area contributed by atoms with E-state index in [2.05, 4.69) is 5.32 Å². The van der Waals surface area contributed by atoms with Crippen LogP contribution in [0.5, 0.6) is 5.75 Å². The van der Waals surface area contributed by atoms with E-state index >= 15 is 0 Å². The molecule has 1 aliphatic heterocycles. The topological polar surface area (TPSA) is 98.5 Å². The van der Waals surface area contributed by atoms with Crippen LogP contribution < -0.4 is 15.8 Å². The van der Waals surface area contributed by atoms with E-state index in [-0.39, 0.29) is 24.2 Å². The van der Waals surface area contributed by atoms with Gasteiger partial charge in [0, 0.05) is 12.6 Å². The first kappa shape index (κ1) is 15.8. The van der Waals surface area contributed by atoms with Crippen LogP contribution in [0.15, 0.2) is 24.3 Å². The van der Waals surface area contributed by atoms with Crippen LogP contribution in [0.1, 0.15) is 18.4 Å². The van der Waals surface area contributed by atoms with Gasteiger partial charge in [0.2, 0.25) is 0 Å². The van der Waals surface area contributed by atoms with Crippen LogP contribution in [0.25, 0.3) is 0 Å². The molecule has 1 aromatic rings. The molecule has 0 aliphatic carbocycles. The number of hydrogen-bond donors (Lipinski definition) is 2. The number of hydrogen-bond acceptors (Lipinski definition) is 5. The van der Waals surface area contributed by atoms with Crippen LogP contribution in [-0.4, -0.2) is 38.5 Å². The van der Waals surface area contributed by atoms with Crippen LogP contribution in [0, 0.1) is 0 Å². The molecule has 116 valence electrons. The van der Waals surface area contributed by atoms with Crippen LogP contribution in [0.2, 0.25) is 0 Å². The number of primary amides is 1. The molecule has 2 rings (SSSR count). The summed E-state index contributed by atoms with van der Waals surface area (Å²) in [6, 6.07) is 7.63. The highest BCUT2D eigenvalue weighted by Crippen LogP contribution is 2.15. The molecule has 1 heterocycles. The second-order valence-electron chi connectivity index (χ2n) is 5.21. The van der Waals surface area contributed by atoms with E-state index < -0.39 is 15.7 Å². The van der Waals surface area contributed by atoms with E-state index in [1.54, 1.807) is 12.1 Å². The molecule has 0 saturated carbocycles. The Morgan fingerprint density at radius 2 is 1.86 bits per heavy atom. The van der Waals surface area contributed by atoms with Gasteiger partial charge in [0.25, 0.3) is 5.91 Å². The van der Waals surface area contributed by atoms with Crippen LogP contribution in [0.3, 0.4) is 0 Å². The fourth-order valence-electron chi connectivity index (χ4n) is 2.21. The predicted molar refractivity (Wildman–Crippen MR) is 79.6 cm³/mol. The molecular formula is C14H20N2O4S. The molecule has 0 aromatic heterocycles. The Bertz CT molecular complexity index is 569. The molecular weight excluding hydrogens is 292 g/mol. The number of rotatable bonds is 6. The van der Waals surface area contributed by atoms with Crippen molar-refractivity contribution in [1.82, 2.24) is 5.32 Å². The molecule has 0 spiro atoms. The lowest BCUT2D eigenvalue weighted by Gasteiger charge is -2.23. The number of nitrogens with two attached hydrogens (primary N) is 1. The molecule has 7 heteroatoms. The summed E-state index contributed by atoms with van der Waals surface area (Å²) in [6.07, 6.45) is 1.34. The fourth-order valence-corrected chi connectivity index (χ4v) is 3.71. The van der Waals surface area contributed by atoms with E-state index in [0.717, 1.165) is 5.56 Å². The third-order valence-corrected chi connectivity index (χ3v) is 5.17. The number of carbonyl (C=O) groups is 1. The summed E-state index contributed by atoms with van der Waals surface area (Å²) < 4.78 is 27.9. The van der Waals surface area contributed by atoms with Gasteiger partial charge in [-0.1, -0.05) is 12.1 Å². The minimum atomic E-state index is -2.81. The maximum Gasteiger partial charge on any atom is 0.255 e. The van der Waals surface area contributed by atoms with E-state index in [0.29, 0.717) is 25.1 Å². The third kappa shape index (κ3) is 5.35. The Labute approximate surface area is 124 Å². The molecule has 0 radical (unpaired) electrons. The second-order valence-corrected chi connectivity index (χ2v) is 7.51. The molecule has 0 unspecified atom stereocenters. The van der Waals surface area contributed by atoms with Crippen molar-refractivity contribution in [2.45, 2.75) is 25.4 Å².